The molecule has 0 bridgehead atoms. The van der Waals surface area contributed by atoms with E-state index < -0.39 is 11.6 Å². The van der Waals surface area contributed by atoms with E-state index in [1.165, 1.54) is 17.2 Å². The zero-order valence-electron chi connectivity index (χ0n) is 13.3. The van der Waals surface area contributed by atoms with Gasteiger partial charge in [0.05, 0.1) is 0 Å². The summed E-state index contributed by atoms with van der Waals surface area (Å²) in [7, 11) is 3.79. The second kappa shape index (κ2) is 7.21. The highest BCUT2D eigenvalue weighted by molar-refractivity contribution is 5.94. The molecule has 0 spiro atoms. The normalized spacial score (nSPS) is 11.5. The zero-order chi connectivity index (χ0) is 16.0. The van der Waals surface area contributed by atoms with Crippen LogP contribution in [0.2, 0.25) is 0 Å². The van der Waals surface area contributed by atoms with Gasteiger partial charge in [-0.2, -0.15) is 0 Å². The summed E-state index contributed by atoms with van der Waals surface area (Å²) in [5, 5.41) is 3.61. The van der Waals surface area contributed by atoms with Crippen molar-refractivity contribution in [1.82, 2.24) is 15.0 Å². The number of esters is 1. The number of nitrogens with zero attached hydrogens (tertiary/aromatic N) is 3. The van der Waals surface area contributed by atoms with Crippen LogP contribution in [0.4, 0.5) is 0 Å². The minimum Gasteiger partial charge on any atom is -0.459 e. The van der Waals surface area contributed by atoms with Crippen molar-refractivity contribution in [1.29, 1.82) is 0 Å². The van der Waals surface area contributed by atoms with E-state index in [0.29, 0.717) is 13.1 Å². The van der Waals surface area contributed by atoms with Crippen molar-refractivity contribution in [3.63, 3.8) is 0 Å². The number of ether oxygens (including phenoxy) is 1. The summed E-state index contributed by atoms with van der Waals surface area (Å²) in [6, 6.07) is 1.47. The fraction of sp³-hybridized carbons (Fsp3) is 0.643. The quantitative estimate of drug-likeness (QED) is 0.730. The van der Waals surface area contributed by atoms with Crippen molar-refractivity contribution in [3.05, 3.63) is 18.0 Å². The molecule has 7 heteroatoms. The minimum atomic E-state index is -0.582. The molecule has 0 radical (unpaired) electrons. The molecule has 0 saturated carbocycles. The minimum absolute atomic E-state index is 0.114. The first-order valence-corrected chi connectivity index (χ1v) is 6.75. The van der Waals surface area contributed by atoms with Crippen molar-refractivity contribution >= 4 is 11.9 Å². The number of amides is 1. The Morgan fingerprint density at radius 1 is 1.29 bits per heavy atom. The lowest BCUT2D eigenvalue weighted by Crippen LogP contribution is -2.42. The topological polar surface area (TPSA) is 75.9 Å². The van der Waals surface area contributed by atoms with Crippen LogP contribution in [0.3, 0.4) is 0 Å². The highest BCUT2D eigenvalue weighted by Gasteiger charge is 2.24. The number of rotatable bonds is 6. The van der Waals surface area contributed by atoms with E-state index in [4.69, 9.17) is 4.74 Å². The number of carbonyl (C=O) groups excluding carboxylic acids is 2. The van der Waals surface area contributed by atoms with Crippen LogP contribution in [0, 0.1) is 0 Å². The Bertz CT molecular complexity index is 463. The molecule has 0 aliphatic rings. The summed E-state index contributed by atoms with van der Waals surface area (Å²) in [5.41, 5.74) is -0.404. The summed E-state index contributed by atoms with van der Waals surface area (Å²) in [6.45, 7) is 6.28. The molecule has 21 heavy (non-hydrogen) atoms. The molecule has 0 aromatic carbocycles. The van der Waals surface area contributed by atoms with Crippen LogP contribution < -0.4 is 0 Å². The predicted molar refractivity (Wildman–Crippen MR) is 76.8 cm³/mol. The van der Waals surface area contributed by atoms with E-state index in [0.717, 1.165) is 0 Å². The Morgan fingerprint density at radius 3 is 2.43 bits per heavy atom. The molecule has 0 N–H and O–H groups in total. The van der Waals surface area contributed by atoms with Gasteiger partial charge in [0.15, 0.2) is 5.69 Å². The van der Waals surface area contributed by atoms with E-state index in [2.05, 4.69) is 9.68 Å². The molecule has 1 rings (SSSR count). The molecular weight excluding hydrogens is 274 g/mol. The number of likely N-dealkylation sites (N-methyl/N-ethyl adjacent to an activating group) is 1. The van der Waals surface area contributed by atoms with Gasteiger partial charge in [0.2, 0.25) is 0 Å². The molecule has 0 saturated heterocycles. The Labute approximate surface area is 124 Å². The number of hydrogen-bond acceptors (Lipinski definition) is 6. The lowest BCUT2D eigenvalue weighted by atomic mass is 10.2. The predicted octanol–water partition coefficient (Wildman–Crippen LogP) is 1.02. The van der Waals surface area contributed by atoms with Gasteiger partial charge in [-0.1, -0.05) is 5.16 Å². The molecule has 0 atom stereocenters. The molecule has 0 aliphatic heterocycles. The third kappa shape index (κ3) is 6.40. The van der Waals surface area contributed by atoms with Gasteiger partial charge in [-0.15, -0.1) is 0 Å². The SMILES string of the molecule is CN(C)CCN(CC(=O)OC(C)(C)C)C(=O)c1ccon1. The van der Waals surface area contributed by atoms with Crippen LogP contribution in [0.25, 0.3) is 0 Å². The lowest BCUT2D eigenvalue weighted by molar-refractivity contribution is -0.155. The molecular formula is C14H23N3O4. The van der Waals surface area contributed by atoms with Crippen LogP contribution in [0.1, 0.15) is 31.3 Å². The second-order valence-corrected chi connectivity index (χ2v) is 6.00. The molecule has 0 unspecified atom stereocenters. The maximum atomic E-state index is 12.3. The number of aromatic nitrogens is 1. The summed E-state index contributed by atoms with van der Waals surface area (Å²) in [5.74, 6) is -0.797. The van der Waals surface area contributed by atoms with E-state index in [-0.39, 0.29) is 18.1 Å². The first kappa shape index (κ1) is 17.2. The Kier molecular flexibility index (Phi) is 5.90. The van der Waals surface area contributed by atoms with E-state index in [1.807, 2.05) is 19.0 Å². The van der Waals surface area contributed by atoms with Crippen LogP contribution in [0.15, 0.2) is 16.9 Å². The fourth-order valence-corrected chi connectivity index (χ4v) is 1.59. The smallest absolute Gasteiger partial charge is 0.326 e. The number of carbonyl (C=O) groups is 2. The Balaban J connectivity index is 2.73. The molecule has 0 fully saturated rings. The van der Waals surface area contributed by atoms with Crippen molar-refractivity contribution in [2.75, 3.05) is 33.7 Å². The van der Waals surface area contributed by atoms with Crippen LogP contribution in [0.5, 0.6) is 0 Å². The van der Waals surface area contributed by atoms with Gasteiger partial charge in [0.1, 0.15) is 18.4 Å². The van der Waals surface area contributed by atoms with Crippen LogP contribution >= 0.6 is 0 Å². The first-order chi connectivity index (χ1) is 9.69. The van der Waals surface area contributed by atoms with Crippen LogP contribution in [-0.4, -0.2) is 66.2 Å². The monoisotopic (exact) mass is 297 g/mol. The molecule has 1 aromatic heterocycles. The van der Waals surface area contributed by atoms with Crippen molar-refractivity contribution in [2.24, 2.45) is 0 Å². The van der Waals surface area contributed by atoms with E-state index >= 15 is 0 Å². The van der Waals surface area contributed by atoms with Crippen molar-refractivity contribution in [2.45, 2.75) is 26.4 Å². The average molecular weight is 297 g/mol. The third-order valence-electron chi connectivity index (χ3n) is 2.50. The van der Waals surface area contributed by atoms with Gasteiger partial charge in [-0.05, 0) is 34.9 Å². The van der Waals surface area contributed by atoms with Crippen molar-refractivity contribution in [3.8, 4) is 0 Å². The van der Waals surface area contributed by atoms with E-state index in [9.17, 15) is 9.59 Å². The summed E-state index contributed by atoms with van der Waals surface area (Å²) in [6.07, 6.45) is 1.32. The Hall–Kier alpha value is -1.89. The van der Waals surface area contributed by atoms with Gasteiger partial charge >= 0.3 is 5.97 Å². The highest BCUT2D eigenvalue weighted by atomic mass is 16.6. The van der Waals surface area contributed by atoms with Gasteiger partial charge in [-0.3, -0.25) is 9.59 Å². The van der Waals surface area contributed by atoms with Crippen molar-refractivity contribution < 1.29 is 18.8 Å². The lowest BCUT2D eigenvalue weighted by Gasteiger charge is -2.25. The largest absolute Gasteiger partial charge is 0.459 e. The van der Waals surface area contributed by atoms with Gasteiger partial charge in [0.25, 0.3) is 5.91 Å². The highest BCUT2D eigenvalue weighted by Crippen LogP contribution is 2.09. The summed E-state index contributed by atoms with van der Waals surface area (Å²) >= 11 is 0. The van der Waals surface area contributed by atoms with Crippen LogP contribution in [-0.2, 0) is 9.53 Å². The molecule has 1 amide bonds. The summed E-state index contributed by atoms with van der Waals surface area (Å²) in [4.78, 5) is 27.5. The summed E-state index contributed by atoms with van der Waals surface area (Å²) < 4.78 is 9.93. The maximum absolute atomic E-state index is 12.3. The fourth-order valence-electron chi connectivity index (χ4n) is 1.59. The standard InChI is InChI=1S/C14H23N3O4/c1-14(2,3)21-12(18)10-17(8-7-16(4)5)13(19)11-6-9-20-15-11/h6,9H,7-8,10H2,1-5H3. The molecule has 1 heterocycles. The molecule has 118 valence electrons. The molecule has 7 nitrogen and oxygen atoms in total. The molecule has 0 aliphatic carbocycles. The average Bonchev–Trinajstić information content (AvgIpc) is 2.84. The number of hydrogen-bond donors (Lipinski definition) is 0. The van der Waals surface area contributed by atoms with Gasteiger partial charge in [0, 0.05) is 19.2 Å². The van der Waals surface area contributed by atoms with Gasteiger partial charge < -0.3 is 19.1 Å². The Morgan fingerprint density at radius 2 is 1.95 bits per heavy atom. The second-order valence-electron chi connectivity index (χ2n) is 6.00. The van der Waals surface area contributed by atoms with E-state index in [1.54, 1.807) is 20.8 Å². The molecule has 1 aromatic rings. The van der Waals surface area contributed by atoms with Gasteiger partial charge in [-0.25, -0.2) is 0 Å². The maximum Gasteiger partial charge on any atom is 0.326 e. The zero-order valence-corrected chi connectivity index (χ0v) is 13.3. The third-order valence-corrected chi connectivity index (χ3v) is 2.50. The first-order valence-electron chi connectivity index (χ1n) is 6.75.